The van der Waals surface area contributed by atoms with Crippen LogP contribution >= 0.6 is 11.6 Å². The Kier molecular flexibility index (Phi) is 3.23. The predicted molar refractivity (Wildman–Crippen MR) is 83.5 cm³/mol. The van der Waals surface area contributed by atoms with Crippen molar-refractivity contribution in [2.45, 2.75) is 26.4 Å². The molecule has 0 unspecified atom stereocenters. The van der Waals surface area contributed by atoms with Crippen LogP contribution < -0.4 is 5.32 Å². The fourth-order valence-electron chi connectivity index (χ4n) is 2.65. The molecule has 0 amide bonds. The first kappa shape index (κ1) is 13.5. The third-order valence-corrected chi connectivity index (χ3v) is 3.78. The molecule has 103 valence electrons. The number of fused-ring (bicyclic) bond motifs is 1. The van der Waals surface area contributed by atoms with E-state index in [9.17, 15) is 0 Å². The molecule has 20 heavy (non-hydrogen) atoms. The average molecular weight is 287 g/mol. The minimum atomic E-state index is -0.334. The Morgan fingerprint density at radius 2 is 1.80 bits per heavy atom. The topological polar surface area (TPSA) is 21.3 Å². The van der Waals surface area contributed by atoms with E-state index in [0.717, 1.165) is 33.6 Å². The van der Waals surface area contributed by atoms with E-state index < -0.39 is 0 Å². The SMILES string of the molecule is C[C]1Nc2ccc(-c3cccc(Cl)c3)cc2C(C)(C)O1. The maximum atomic E-state index is 6.07. The summed E-state index contributed by atoms with van der Waals surface area (Å²) >= 11 is 6.07. The Hall–Kier alpha value is -1.51. The van der Waals surface area contributed by atoms with Crippen molar-refractivity contribution in [1.29, 1.82) is 0 Å². The first-order valence-corrected chi connectivity index (χ1v) is 7.03. The number of nitrogens with one attached hydrogen (secondary N) is 1. The molecule has 0 bridgehead atoms. The zero-order valence-electron chi connectivity index (χ0n) is 11.8. The summed E-state index contributed by atoms with van der Waals surface area (Å²) in [5.74, 6) is 0. The van der Waals surface area contributed by atoms with Crippen LogP contribution in [0.3, 0.4) is 0 Å². The van der Waals surface area contributed by atoms with Crippen molar-refractivity contribution in [3.05, 3.63) is 59.3 Å². The van der Waals surface area contributed by atoms with Gasteiger partial charge >= 0.3 is 0 Å². The van der Waals surface area contributed by atoms with Gasteiger partial charge in [-0.2, -0.15) is 0 Å². The van der Waals surface area contributed by atoms with Gasteiger partial charge in [0.2, 0.25) is 0 Å². The molecular weight excluding hydrogens is 270 g/mol. The van der Waals surface area contributed by atoms with Crippen LogP contribution in [-0.4, -0.2) is 0 Å². The molecule has 1 aliphatic heterocycles. The standard InChI is InChI=1S/C17H17ClNO/c1-11-19-16-8-7-13(10-15(16)17(2,3)20-11)12-5-4-6-14(18)9-12/h4-10,19H,1-3H3. The fraction of sp³-hybridized carbons (Fsp3) is 0.235. The molecule has 3 rings (SSSR count). The highest BCUT2D eigenvalue weighted by molar-refractivity contribution is 6.30. The number of ether oxygens (including phenoxy) is 1. The van der Waals surface area contributed by atoms with E-state index >= 15 is 0 Å². The van der Waals surface area contributed by atoms with E-state index in [4.69, 9.17) is 16.3 Å². The summed E-state index contributed by atoms with van der Waals surface area (Å²) in [6.45, 7) is 6.10. The first-order valence-electron chi connectivity index (χ1n) is 6.66. The molecule has 2 nitrogen and oxygen atoms in total. The van der Waals surface area contributed by atoms with E-state index in [2.05, 4.69) is 43.4 Å². The van der Waals surface area contributed by atoms with Crippen molar-refractivity contribution in [2.24, 2.45) is 0 Å². The van der Waals surface area contributed by atoms with Crippen LogP contribution in [0.25, 0.3) is 11.1 Å². The minimum Gasteiger partial charge on any atom is -0.354 e. The molecule has 0 spiro atoms. The molecule has 0 aromatic heterocycles. The van der Waals surface area contributed by atoms with Crippen molar-refractivity contribution in [1.82, 2.24) is 0 Å². The quantitative estimate of drug-likeness (QED) is 0.778. The number of hydrogen-bond donors (Lipinski definition) is 1. The van der Waals surface area contributed by atoms with Gasteiger partial charge in [0.25, 0.3) is 0 Å². The van der Waals surface area contributed by atoms with Gasteiger partial charge in [0.15, 0.2) is 6.23 Å². The summed E-state index contributed by atoms with van der Waals surface area (Å²) in [5.41, 5.74) is 4.18. The molecule has 3 heteroatoms. The van der Waals surface area contributed by atoms with Crippen molar-refractivity contribution < 1.29 is 4.74 Å². The molecule has 0 fully saturated rings. The molecule has 0 saturated carbocycles. The Bertz CT molecular complexity index is 651. The maximum Gasteiger partial charge on any atom is 0.184 e. The number of anilines is 1. The normalized spacial score (nSPS) is 17.4. The van der Waals surface area contributed by atoms with Gasteiger partial charge in [0.1, 0.15) is 0 Å². The highest BCUT2D eigenvalue weighted by Gasteiger charge is 2.32. The predicted octanol–water partition coefficient (Wildman–Crippen LogP) is 5.19. The lowest BCUT2D eigenvalue weighted by Gasteiger charge is -2.37. The van der Waals surface area contributed by atoms with E-state index in [1.165, 1.54) is 0 Å². The summed E-state index contributed by atoms with van der Waals surface area (Å²) in [5, 5.41) is 4.02. The van der Waals surface area contributed by atoms with Gasteiger partial charge in [-0.1, -0.05) is 29.8 Å². The zero-order chi connectivity index (χ0) is 14.3. The number of benzene rings is 2. The molecule has 1 heterocycles. The van der Waals surface area contributed by atoms with Gasteiger partial charge in [0, 0.05) is 16.3 Å². The van der Waals surface area contributed by atoms with Gasteiger partial charge in [-0.05, 0) is 56.2 Å². The smallest absolute Gasteiger partial charge is 0.184 e. The van der Waals surface area contributed by atoms with Crippen molar-refractivity contribution in [3.63, 3.8) is 0 Å². The minimum absolute atomic E-state index is 0.334. The van der Waals surface area contributed by atoms with Crippen molar-refractivity contribution >= 4 is 17.3 Å². The van der Waals surface area contributed by atoms with Gasteiger partial charge in [-0.3, -0.25) is 0 Å². The van der Waals surface area contributed by atoms with Crippen molar-refractivity contribution in [2.75, 3.05) is 5.32 Å². The maximum absolute atomic E-state index is 6.07. The summed E-state index contributed by atoms with van der Waals surface area (Å²) < 4.78 is 5.89. The molecule has 0 saturated heterocycles. The number of halogens is 1. The van der Waals surface area contributed by atoms with Crippen LogP contribution in [0.2, 0.25) is 5.02 Å². The third kappa shape index (κ3) is 2.41. The molecule has 2 aromatic carbocycles. The van der Waals surface area contributed by atoms with Crippen LogP contribution in [0.1, 0.15) is 26.3 Å². The third-order valence-electron chi connectivity index (χ3n) is 3.55. The molecule has 0 aliphatic carbocycles. The summed E-state index contributed by atoms with van der Waals surface area (Å²) in [4.78, 5) is 0. The molecule has 2 aromatic rings. The highest BCUT2D eigenvalue weighted by Crippen LogP contribution is 2.41. The Balaban J connectivity index is 2.09. The van der Waals surface area contributed by atoms with Crippen LogP contribution in [0.5, 0.6) is 0 Å². The largest absolute Gasteiger partial charge is 0.354 e. The molecule has 1 aliphatic rings. The first-order chi connectivity index (χ1) is 9.45. The Morgan fingerprint density at radius 1 is 1.05 bits per heavy atom. The fourth-order valence-corrected chi connectivity index (χ4v) is 2.84. The summed E-state index contributed by atoms with van der Waals surface area (Å²) in [7, 11) is 0. The second-order valence-electron chi connectivity index (χ2n) is 5.56. The Morgan fingerprint density at radius 3 is 2.55 bits per heavy atom. The highest BCUT2D eigenvalue weighted by atomic mass is 35.5. The van der Waals surface area contributed by atoms with Crippen LogP contribution in [-0.2, 0) is 10.3 Å². The Labute approximate surface area is 124 Å². The summed E-state index contributed by atoms with van der Waals surface area (Å²) in [6, 6.07) is 14.3. The van der Waals surface area contributed by atoms with E-state index in [-0.39, 0.29) is 5.60 Å². The molecule has 1 N–H and O–H groups in total. The van der Waals surface area contributed by atoms with Crippen molar-refractivity contribution in [3.8, 4) is 11.1 Å². The van der Waals surface area contributed by atoms with Gasteiger partial charge in [0.05, 0.1) is 5.60 Å². The zero-order valence-corrected chi connectivity index (χ0v) is 12.6. The van der Waals surface area contributed by atoms with Crippen LogP contribution in [0.4, 0.5) is 5.69 Å². The lowest BCUT2D eigenvalue weighted by Crippen LogP contribution is -2.32. The van der Waals surface area contributed by atoms with Crippen LogP contribution in [0.15, 0.2) is 42.5 Å². The summed E-state index contributed by atoms with van der Waals surface area (Å²) in [6.07, 6.45) is 0.831. The second kappa shape index (κ2) is 4.80. The molecular formula is C17H17ClNO. The van der Waals surface area contributed by atoms with E-state index in [1.807, 2.05) is 25.1 Å². The van der Waals surface area contributed by atoms with E-state index in [0.29, 0.717) is 0 Å². The molecule has 1 radical (unpaired) electrons. The lowest BCUT2D eigenvalue weighted by atomic mass is 9.91. The number of rotatable bonds is 1. The van der Waals surface area contributed by atoms with Gasteiger partial charge < -0.3 is 10.1 Å². The van der Waals surface area contributed by atoms with Crippen LogP contribution in [0, 0.1) is 6.23 Å². The second-order valence-corrected chi connectivity index (χ2v) is 6.00. The monoisotopic (exact) mass is 286 g/mol. The van der Waals surface area contributed by atoms with E-state index in [1.54, 1.807) is 0 Å². The number of hydrogen-bond acceptors (Lipinski definition) is 2. The lowest BCUT2D eigenvalue weighted by molar-refractivity contribution is -0.00915. The van der Waals surface area contributed by atoms with Gasteiger partial charge in [-0.15, -0.1) is 0 Å². The molecule has 0 atom stereocenters. The van der Waals surface area contributed by atoms with Gasteiger partial charge in [-0.25, -0.2) is 0 Å². The average Bonchev–Trinajstić information content (AvgIpc) is 2.37.